The van der Waals surface area contributed by atoms with Crippen LogP contribution in [0, 0.1) is 5.82 Å². The summed E-state index contributed by atoms with van der Waals surface area (Å²) >= 11 is 0. The van der Waals surface area contributed by atoms with Gasteiger partial charge in [-0.15, -0.1) is 0 Å². The second-order valence-electron chi connectivity index (χ2n) is 6.46. The fraction of sp³-hybridized carbons (Fsp3) is 0.381. The molecule has 2 aromatic rings. The Kier molecular flexibility index (Phi) is 6.16. The lowest BCUT2D eigenvalue weighted by molar-refractivity contribution is 0.102. The maximum atomic E-state index is 13.8. The molecule has 6 heteroatoms. The standard InChI is InChI=1S/C21H25FN2O3/c1-3-27-19-10-7-15(13-20(19)26-2)21(25)23-17-14-16(22)8-9-18(17)24-11-5-4-6-12-24/h7-10,13-14H,3-6,11-12H2,1-2H3,(H,23,25). The highest BCUT2D eigenvalue weighted by atomic mass is 19.1. The molecule has 1 fully saturated rings. The molecule has 3 rings (SSSR count). The highest BCUT2D eigenvalue weighted by molar-refractivity contribution is 6.06. The number of anilines is 2. The SMILES string of the molecule is CCOc1ccc(C(=O)Nc2cc(F)ccc2N2CCCCC2)cc1OC. The number of hydrogen-bond donors (Lipinski definition) is 1. The Bertz CT molecular complexity index is 804. The summed E-state index contributed by atoms with van der Waals surface area (Å²) in [6.45, 7) is 4.20. The summed E-state index contributed by atoms with van der Waals surface area (Å²) in [4.78, 5) is 14.9. The predicted octanol–water partition coefficient (Wildman–Crippen LogP) is 4.48. The third-order valence-corrected chi connectivity index (χ3v) is 4.63. The highest BCUT2D eigenvalue weighted by Gasteiger charge is 2.18. The minimum atomic E-state index is -0.379. The monoisotopic (exact) mass is 372 g/mol. The van der Waals surface area contributed by atoms with Crippen LogP contribution in [0.1, 0.15) is 36.5 Å². The molecule has 0 aliphatic carbocycles. The Balaban J connectivity index is 1.84. The predicted molar refractivity (Wildman–Crippen MR) is 105 cm³/mol. The quantitative estimate of drug-likeness (QED) is 0.813. The molecular formula is C21H25FN2O3. The van der Waals surface area contributed by atoms with E-state index in [-0.39, 0.29) is 11.7 Å². The van der Waals surface area contributed by atoms with E-state index in [1.54, 1.807) is 24.3 Å². The molecule has 1 saturated heterocycles. The first kappa shape index (κ1) is 19.0. The van der Waals surface area contributed by atoms with Crippen molar-refractivity contribution in [2.45, 2.75) is 26.2 Å². The molecule has 0 bridgehead atoms. The molecule has 27 heavy (non-hydrogen) atoms. The molecule has 5 nitrogen and oxygen atoms in total. The Morgan fingerprint density at radius 1 is 1.11 bits per heavy atom. The number of halogens is 1. The number of benzene rings is 2. The van der Waals surface area contributed by atoms with E-state index in [9.17, 15) is 9.18 Å². The van der Waals surface area contributed by atoms with E-state index < -0.39 is 0 Å². The molecule has 0 aromatic heterocycles. The van der Waals surface area contributed by atoms with Crippen LogP contribution in [0.15, 0.2) is 36.4 Å². The molecule has 0 unspecified atom stereocenters. The Morgan fingerprint density at radius 2 is 1.89 bits per heavy atom. The number of ether oxygens (including phenoxy) is 2. The lowest BCUT2D eigenvalue weighted by atomic mass is 10.1. The van der Waals surface area contributed by atoms with Crippen molar-refractivity contribution in [3.05, 3.63) is 47.8 Å². The minimum absolute atomic E-state index is 0.319. The van der Waals surface area contributed by atoms with Crippen LogP contribution in [0.2, 0.25) is 0 Å². The van der Waals surface area contributed by atoms with Crippen molar-refractivity contribution >= 4 is 17.3 Å². The number of methoxy groups -OCH3 is 1. The van der Waals surface area contributed by atoms with E-state index >= 15 is 0 Å². The second-order valence-corrected chi connectivity index (χ2v) is 6.46. The van der Waals surface area contributed by atoms with E-state index in [0.29, 0.717) is 29.4 Å². The minimum Gasteiger partial charge on any atom is -0.493 e. The molecule has 1 N–H and O–H groups in total. The number of carbonyl (C=O) groups is 1. The van der Waals surface area contributed by atoms with Gasteiger partial charge in [-0.25, -0.2) is 4.39 Å². The molecular weight excluding hydrogens is 347 g/mol. The van der Waals surface area contributed by atoms with Crippen LogP contribution in [-0.2, 0) is 0 Å². The Hall–Kier alpha value is -2.76. The highest BCUT2D eigenvalue weighted by Crippen LogP contribution is 2.31. The molecule has 0 atom stereocenters. The third kappa shape index (κ3) is 4.51. The second kappa shape index (κ2) is 8.75. The fourth-order valence-electron chi connectivity index (χ4n) is 3.30. The first-order chi connectivity index (χ1) is 13.1. The van der Waals surface area contributed by atoms with Gasteiger partial charge in [0.25, 0.3) is 5.91 Å². The van der Waals surface area contributed by atoms with Gasteiger partial charge in [0.1, 0.15) is 5.82 Å². The van der Waals surface area contributed by atoms with Crippen molar-refractivity contribution in [1.82, 2.24) is 0 Å². The Labute approximate surface area is 159 Å². The van der Waals surface area contributed by atoms with Gasteiger partial charge in [0, 0.05) is 18.7 Å². The molecule has 144 valence electrons. The topological polar surface area (TPSA) is 50.8 Å². The summed E-state index contributed by atoms with van der Waals surface area (Å²) in [6.07, 6.45) is 3.40. The number of carbonyl (C=O) groups excluding carboxylic acids is 1. The van der Waals surface area contributed by atoms with Crippen LogP contribution in [0.25, 0.3) is 0 Å². The van der Waals surface area contributed by atoms with Gasteiger partial charge >= 0.3 is 0 Å². The zero-order chi connectivity index (χ0) is 19.2. The van der Waals surface area contributed by atoms with Crippen LogP contribution in [-0.4, -0.2) is 32.7 Å². The van der Waals surface area contributed by atoms with Gasteiger partial charge < -0.3 is 19.7 Å². The van der Waals surface area contributed by atoms with E-state index in [2.05, 4.69) is 10.2 Å². The zero-order valence-electron chi connectivity index (χ0n) is 15.8. The van der Waals surface area contributed by atoms with Gasteiger partial charge in [0.2, 0.25) is 0 Å². The first-order valence-corrected chi connectivity index (χ1v) is 9.29. The summed E-state index contributed by atoms with van der Waals surface area (Å²) in [5.41, 5.74) is 1.75. The molecule has 1 aliphatic rings. The van der Waals surface area contributed by atoms with E-state index in [4.69, 9.17) is 9.47 Å². The summed E-state index contributed by atoms with van der Waals surface area (Å²) in [5, 5.41) is 2.85. The van der Waals surface area contributed by atoms with Crippen molar-refractivity contribution in [3.8, 4) is 11.5 Å². The summed E-state index contributed by atoms with van der Waals surface area (Å²) in [7, 11) is 1.53. The van der Waals surface area contributed by atoms with Crippen LogP contribution < -0.4 is 19.7 Å². The number of nitrogens with zero attached hydrogens (tertiary/aromatic N) is 1. The summed E-state index contributed by atoms with van der Waals surface area (Å²) < 4.78 is 24.6. The number of hydrogen-bond acceptors (Lipinski definition) is 4. The average Bonchev–Trinajstić information content (AvgIpc) is 2.69. The van der Waals surface area contributed by atoms with Gasteiger partial charge in [-0.3, -0.25) is 4.79 Å². The van der Waals surface area contributed by atoms with Crippen molar-refractivity contribution in [3.63, 3.8) is 0 Å². The van der Waals surface area contributed by atoms with E-state index in [1.807, 2.05) is 6.92 Å². The number of piperidine rings is 1. The van der Waals surface area contributed by atoms with Crippen LogP contribution >= 0.6 is 0 Å². The largest absolute Gasteiger partial charge is 0.493 e. The number of nitrogens with one attached hydrogen (secondary N) is 1. The average molecular weight is 372 g/mol. The zero-order valence-corrected chi connectivity index (χ0v) is 15.8. The van der Waals surface area contributed by atoms with Gasteiger partial charge in [0.15, 0.2) is 11.5 Å². The third-order valence-electron chi connectivity index (χ3n) is 4.63. The van der Waals surface area contributed by atoms with Gasteiger partial charge in [0.05, 0.1) is 25.1 Å². The van der Waals surface area contributed by atoms with Crippen LogP contribution in [0.4, 0.5) is 15.8 Å². The maximum Gasteiger partial charge on any atom is 0.255 e. The van der Waals surface area contributed by atoms with Crippen LogP contribution in [0.3, 0.4) is 0 Å². The molecule has 1 heterocycles. The van der Waals surface area contributed by atoms with Gasteiger partial charge in [-0.2, -0.15) is 0 Å². The van der Waals surface area contributed by atoms with Crippen molar-refractivity contribution in [2.75, 3.05) is 37.0 Å². The molecule has 2 aromatic carbocycles. The lowest BCUT2D eigenvalue weighted by Crippen LogP contribution is -2.30. The van der Waals surface area contributed by atoms with E-state index in [1.165, 1.54) is 25.7 Å². The maximum absolute atomic E-state index is 13.8. The normalized spacial score (nSPS) is 14.0. The molecule has 1 aliphatic heterocycles. The van der Waals surface area contributed by atoms with Gasteiger partial charge in [-0.1, -0.05) is 0 Å². The summed E-state index contributed by atoms with van der Waals surface area (Å²) in [5.74, 6) is 0.367. The fourth-order valence-corrected chi connectivity index (χ4v) is 3.30. The lowest BCUT2D eigenvalue weighted by Gasteiger charge is -2.30. The smallest absolute Gasteiger partial charge is 0.255 e. The van der Waals surface area contributed by atoms with Crippen molar-refractivity contribution in [2.24, 2.45) is 0 Å². The van der Waals surface area contributed by atoms with E-state index in [0.717, 1.165) is 31.6 Å². The molecule has 0 spiro atoms. The first-order valence-electron chi connectivity index (χ1n) is 9.29. The molecule has 0 saturated carbocycles. The van der Waals surface area contributed by atoms with Crippen molar-refractivity contribution < 1.29 is 18.7 Å². The van der Waals surface area contributed by atoms with Crippen molar-refractivity contribution in [1.29, 1.82) is 0 Å². The molecule has 0 radical (unpaired) electrons. The number of rotatable bonds is 6. The number of amides is 1. The molecule has 1 amide bonds. The Morgan fingerprint density at radius 3 is 2.59 bits per heavy atom. The summed E-state index contributed by atoms with van der Waals surface area (Å²) in [6, 6.07) is 9.53. The van der Waals surface area contributed by atoms with Gasteiger partial charge in [-0.05, 0) is 62.6 Å². The van der Waals surface area contributed by atoms with Crippen LogP contribution in [0.5, 0.6) is 11.5 Å².